The van der Waals surface area contributed by atoms with Gasteiger partial charge >= 0.3 is 0 Å². The number of benzene rings is 1. The fraction of sp³-hybridized carbons (Fsp3) is 0.600. The van der Waals surface area contributed by atoms with E-state index >= 15 is 0 Å². The molecule has 2 nitrogen and oxygen atoms in total. The van der Waals surface area contributed by atoms with Gasteiger partial charge in [0, 0.05) is 0 Å². The van der Waals surface area contributed by atoms with E-state index in [9.17, 15) is 4.39 Å². The first-order valence-corrected chi connectivity index (χ1v) is 7.32. The second kappa shape index (κ2) is 9.03. The van der Waals surface area contributed by atoms with Gasteiger partial charge in [0.15, 0.2) is 11.6 Å². The summed E-state index contributed by atoms with van der Waals surface area (Å²) >= 11 is 5.94. The predicted molar refractivity (Wildman–Crippen MR) is 76.8 cm³/mol. The van der Waals surface area contributed by atoms with Crippen molar-refractivity contribution in [2.24, 2.45) is 0 Å². The molecule has 0 atom stereocenters. The van der Waals surface area contributed by atoms with Crippen molar-refractivity contribution in [3.8, 4) is 11.5 Å². The van der Waals surface area contributed by atoms with Crippen LogP contribution in [0.1, 0.15) is 46.0 Å². The summed E-state index contributed by atoms with van der Waals surface area (Å²) in [7, 11) is 0. The molecule has 0 fully saturated rings. The molecule has 0 heterocycles. The summed E-state index contributed by atoms with van der Waals surface area (Å²) in [4.78, 5) is 0. The van der Waals surface area contributed by atoms with Gasteiger partial charge in [-0.15, -0.1) is 0 Å². The summed E-state index contributed by atoms with van der Waals surface area (Å²) in [5.74, 6) is 0.0460. The lowest BCUT2D eigenvalue weighted by molar-refractivity contribution is 0.285. The van der Waals surface area contributed by atoms with E-state index in [4.69, 9.17) is 21.1 Å². The zero-order chi connectivity index (χ0) is 14.1. The van der Waals surface area contributed by atoms with Gasteiger partial charge in [-0.3, -0.25) is 0 Å². The molecular formula is C15H22ClFO2. The molecule has 0 unspecified atom stereocenters. The Balaban J connectivity index is 2.58. The molecular weight excluding hydrogens is 267 g/mol. The Kier molecular flexibility index (Phi) is 7.65. The summed E-state index contributed by atoms with van der Waals surface area (Å²) in [6.07, 6.45) is 5.05. The Hall–Kier alpha value is -0.960. The average molecular weight is 289 g/mol. The Labute approximate surface area is 119 Å². The van der Waals surface area contributed by atoms with E-state index in [1.807, 2.05) is 0 Å². The summed E-state index contributed by atoms with van der Waals surface area (Å²) < 4.78 is 24.8. The van der Waals surface area contributed by atoms with E-state index in [-0.39, 0.29) is 10.8 Å². The van der Waals surface area contributed by atoms with Crippen LogP contribution < -0.4 is 9.47 Å². The van der Waals surface area contributed by atoms with Crippen LogP contribution in [-0.4, -0.2) is 13.2 Å². The number of halogens is 2. The summed E-state index contributed by atoms with van der Waals surface area (Å²) in [5, 5.41) is 0.00379. The minimum absolute atomic E-state index is 0.00379. The summed E-state index contributed by atoms with van der Waals surface area (Å²) in [5.41, 5.74) is 0. The highest BCUT2D eigenvalue weighted by molar-refractivity contribution is 6.32. The molecule has 0 saturated carbocycles. The molecule has 1 aromatic rings. The van der Waals surface area contributed by atoms with Crippen molar-refractivity contribution in [3.63, 3.8) is 0 Å². The molecule has 0 aliphatic carbocycles. The second-order valence-electron chi connectivity index (χ2n) is 4.45. The van der Waals surface area contributed by atoms with Crippen molar-refractivity contribution in [2.75, 3.05) is 13.2 Å². The zero-order valence-corrected chi connectivity index (χ0v) is 12.4. The van der Waals surface area contributed by atoms with Crippen molar-refractivity contribution in [2.45, 2.75) is 46.0 Å². The Morgan fingerprint density at radius 3 is 2.21 bits per heavy atom. The van der Waals surface area contributed by atoms with E-state index in [0.717, 1.165) is 32.1 Å². The molecule has 1 rings (SSSR count). The van der Waals surface area contributed by atoms with Crippen molar-refractivity contribution in [3.05, 3.63) is 23.0 Å². The fourth-order valence-corrected chi connectivity index (χ4v) is 1.81. The Morgan fingerprint density at radius 1 is 0.947 bits per heavy atom. The third-order valence-corrected chi connectivity index (χ3v) is 3.12. The van der Waals surface area contributed by atoms with Crippen LogP contribution in [0.4, 0.5) is 4.39 Å². The van der Waals surface area contributed by atoms with Gasteiger partial charge in [-0.05, 0) is 25.0 Å². The molecule has 0 bridgehead atoms. The van der Waals surface area contributed by atoms with Crippen molar-refractivity contribution < 1.29 is 13.9 Å². The lowest BCUT2D eigenvalue weighted by Gasteiger charge is -2.11. The molecule has 0 N–H and O–H groups in total. The van der Waals surface area contributed by atoms with Crippen molar-refractivity contribution in [1.29, 1.82) is 0 Å². The molecule has 0 aromatic heterocycles. The monoisotopic (exact) mass is 288 g/mol. The van der Waals surface area contributed by atoms with Crippen molar-refractivity contribution >= 4 is 11.6 Å². The minimum atomic E-state index is -0.535. The normalized spacial score (nSPS) is 10.5. The van der Waals surface area contributed by atoms with Crippen LogP contribution in [0.5, 0.6) is 11.5 Å². The number of rotatable bonds is 9. The van der Waals surface area contributed by atoms with Crippen LogP contribution >= 0.6 is 11.6 Å². The molecule has 4 heteroatoms. The number of unbranched alkanes of at least 4 members (excludes halogenated alkanes) is 3. The van der Waals surface area contributed by atoms with Crippen LogP contribution in [0.15, 0.2) is 12.1 Å². The van der Waals surface area contributed by atoms with Gasteiger partial charge in [0.1, 0.15) is 10.8 Å². The number of hydrogen-bond acceptors (Lipinski definition) is 2. The molecule has 19 heavy (non-hydrogen) atoms. The Morgan fingerprint density at radius 2 is 1.53 bits per heavy atom. The molecule has 0 amide bonds. The van der Waals surface area contributed by atoms with Crippen LogP contribution in [0.3, 0.4) is 0 Å². The van der Waals surface area contributed by atoms with E-state index in [1.54, 1.807) is 12.1 Å². The van der Waals surface area contributed by atoms with Gasteiger partial charge in [0.05, 0.1) is 13.2 Å². The topological polar surface area (TPSA) is 18.5 Å². The van der Waals surface area contributed by atoms with Crippen LogP contribution in [0.25, 0.3) is 0 Å². The first-order valence-electron chi connectivity index (χ1n) is 6.94. The van der Waals surface area contributed by atoms with Crippen molar-refractivity contribution in [1.82, 2.24) is 0 Å². The maximum atomic E-state index is 13.9. The van der Waals surface area contributed by atoms with Gasteiger partial charge in [-0.25, -0.2) is 4.39 Å². The molecule has 0 radical (unpaired) electrons. The zero-order valence-electron chi connectivity index (χ0n) is 11.7. The molecule has 0 spiro atoms. The highest BCUT2D eigenvalue weighted by Gasteiger charge is 2.13. The standard InChI is InChI=1S/C15H22ClFO2/c1-3-5-7-11-19-13-9-8-12(14(16)15(13)17)18-10-6-4-2/h8-9H,3-7,10-11H2,1-2H3. The third-order valence-electron chi connectivity index (χ3n) is 2.77. The Bertz CT molecular complexity index is 383. The van der Waals surface area contributed by atoms with Gasteiger partial charge in [0.25, 0.3) is 0 Å². The highest BCUT2D eigenvalue weighted by Crippen LogP contribution is 2.33. The molecule has 0 aliphatic heterocycles. The van der Waals surface area contributed by atoms with Gasteiger partial charge in [-0.2, -0.15) is 0 Å². The van der Waals surface area contributed by atoms with Gasteiger partial charge in [0.2, 0.25) is 0 Å². The van der Waals surface area contributed by atoms with E-state index in [1.165, 1.54) is 0 Å². The van der Waals surface area contributed by atoms with Crippen LogP contribution in [0, 0.1) is 5.82 Å². The quantitative estimate of drug-likeness (QED) is 0.580. The van der Waals surface area contributed by atoms with E-state index in [0.29, 0.717) is 19.0 Å². The third kappa shape index (κ3) is 5.27. The largest absolute Gasteiger partial charge is 0.492 e. The lowest BCUT2D eigenvalue weighted by Crippen LogP contribution is -2.02. The smallest absolute Gasteiger partial charge is 0.187 e. The molecule has 1 aromatic carbocycles. The first kappa shape index (κ1) is 16.1. The molecule has 0 saturated heterocycles. The van der Waals surface area contributed by atoms with E-state index in [2.05, 4.69) is 13.8 Å². The maximum absolute atomic E-state index is 13.9. The van der Waals surface area contributed by atoms with Crippen LogP contribution in [-0.2, 0) is 0 Å². The lowest BCUT2D eigenvalue weighted by atomic mass is 10.2. The number of ether oxygens (including phenoxy) is 2. The van der Waals surface area contributed by atoms with Crippen LogP contribution in [0.2, 0.25) is 5.02 Å². The van der Waals surface area contributed by atoms with E-state index < -0.39 is 5.82 Å². The molecule has 108 valence electrons. The maximum Gasteiger partial charge on any atom is 0.187 e. The fourth-order valence-electron chi connectivity index (χ4n) is 1.60. The summed E-state index contributed by atoms with van der Waals surface area (Å²) in [6.45, 7) is 5.24. The second-order valence-corrected chi connectivity index (χ2v) is 4.83. The molecule has 0 aliphatic rings. The average Bonchev–Trinajstić information content (AvgIpc) is 2.42. The van der Waals surface area contributed by atoms with Gasteiger partial charge < -0.3 is 9.47 Å². The summed E-state index contributed by atoms with van der Waals surface area (Å²) in [6, 6.07) is 3.24. The minimum Gasteiger partial charge on any atom is -0.492 e. The predicted octanol–water partition coefficient (Wildman–Crippen LogP) is 5.23. The first-order chi connectivity index (χ1) is 9.20. The highest BCUT2D eigenvalue weighted by atomic mass is 35.5. The van der Waals surface area contributed by atoms with Gasteiger partial charge in [-0.1, -0.05) is 44.7 Å². The number of hydrogen-bond donors (Lipinski definition) is 0. The SMILES string of the molecule is CCCCCOc1ccc(OCCCC)c(Cl)c1F.